The van der Waals surface area contributed by atoms with Gasteiger partial charge in [-0.15, -0.1) is 0 Å². The summed E-state index contributed by atoms with van der Waals surface area (Å²) in [5.41, 5.74) is 7.79. The lowest BCUT2D eigenvalue weighted by atomic mass is 10.1. The zero-order valence-corrected chi connectivity index (χ0v) is 14.0. The third-order valence-corrected chi connectivity index (χ3v) is 3.51. The van der Waals surface area contributed by atoms with Gasteiger partial charge >= 0.3 is 0 Å². The average molecular weight is 348 g/mol. The van der Waals surface area contributed by atoms with Gasteiger partial charge in [-0.1, -0.05) is 0 Å². The van der Waals surface area contributed by atoms with Crippen molar-refractivity contribution >= 4 is 34.9 Å². The van der Waals surface area contributed by atoms with Crippen molar-refractivity contribution in [1.82, 2.24) is 15.0 Å². The van der Waals surface area contributed by atoms with Gasteiger partial charge in [-0.2, -0.15) is 10.2 Å². The van der Waals surface area contributed by atoms with Crippen molar-refractivity contribution < 1.29 is 9.53 Å². The summed E-state index contributed by atoms with van der Waals surface area (Å²) in [6, 6.07) is 9.17. The van der Waals surface area contributed by atoms with Gasteiger partial charge in [-0.05, 0) is 35.9 Å². The molecule has 8 nitrogen and oxygen atoms in total. The number of amides is 1. The SMILES string of the molecule is COc1ccc(\C=N/N=C\C(=C\C(N)=O)c2ncnc3[nH]ccc23)cc1. The zero-order valence-electron chi connectivity index (χ0n) is 14.0. The molecule has 130 valence electrons. The third-order valence-electron chi connectivity index (χ3n) is 3.51. The molecule has 2 aromatic heterocycles. The van der Waals surface area contributed by atoms with E-state index in [1.165, 1.54) is 18.6 Å². The summed E-state index contributed by atoms with van der Waals surface area (Å²) in [5, 5.41) is 8.75. The predicted octanol–water partition coefficient (Wildman–Crippen LogP) is 1.94. The van der Waals surface area contributed by atoms with Gasteiger partial charge in [0.25, 0.3) is 0 Å². The molecule has 0 spiro atoms. The fraction of sp³-hybridized carbons (Fsp3) is 0.0556. The summed E-state index contributed by atoms with van der Waals surface area (Å²) < 4.78 is 5.10. The number of hydrogen-bond donors (Lipinski definition) is 2. The Hall–Kier alpha value is -3.81. The molecular weight excluding hydrogens is 332 g/mol. The second-order valence-corrected chi connectivity index (χ2v) is 5.23. The molecule has 0 radical (unpaired) electrons. The molecule has 0 atom stereocenters. The summed E-state index contributed by atoms with van der Waals surface area (Å²) in [6.45, 7) is 0. The minimum Gasteiger partial charge on any atom is -0.497 e. The van der Waals surface area contributed by atoms with Crippen molar-refractivity contribution in [1.29, 1.82) is 0 Å². The Labute approximate surface area is 149 Å². The molecule has 2 heterocycles. The molecule has 0 unspecified atom stereocenters. The second-order valence-electron chi connectivity index (χ2n) is 5.23. The number of nitrogens with two attached hydrogens (primary N) is 1. The molecule has 0 fully saturated rings. The Balaban J connectivity index is 1.85. The maximum absolute atomic E-state index is 11.4. The number of allylic oxidation sites excluding steroid dienone is 1. The van der Waals surface area contributed by atoms with E-state index in [9.17, 15) is 4.79 Å². The quantitative estimate of drug-likeness (QED) is 0.402. The average Bonchev–Trinajstić information content (AvgIpc) is 3.13. The van der Waals surface area contributed by atoms with Crippen molar-refractivity contribution in [3.8, 4) is 5.75 Å². The van der Waals surface area contributed by atoms with Crippen molar-refractivity contribution in [3.05, 3.63) is 60.2 Å². The van der Waals surface area contributed by atoms with E-state index >= 15 is 0 Å². The first kappa shape index (κ1) is 17.0. The number of rotatable bonds is 6. The molecular formula is C18H16N6O2. The van der Waals surface area contributed by atoms with Crippen molar-refractivity contribution in [2.75, 3.05) is 7.11 Å². The van der Waals surface area contributed by atoms with E-state index in [4.69, 9.17) is 10.5 Å². The van der Waals surface area contributed by atoms with Crippen LogP contribution in [0.5, 0.6) is 5.75 Å². The molecule has 3 aromatic rings. The number of methoxy groups -OCH3 is 1. The smallest absolute Gasteiger partial charge is 0.242 e. The Morgan fingerprint density at radius 1 is 1.19 bits per heavy atom. The molecule has 0 saturated carbocycles. The molecule has 0 saturated heterocycles. The van der Waals surface area contributed by atoms with E-state index in [-0.39, 0.29) is 0 Å². The summed E-state index contributed by atoms with van der Waals surface area (Å²) in [6.07, 6.45) is 7.41. The minimum atomic E-state index is -0.604. The Bertz CT molecular complexity index is 1000. The highest BCUT2D eigenvalue weighted by atomic mass is 16.5. The van der Waals surface area contributed by atoms with Gasteiger partial charge in [0.1, 0.15) is 17.7 Å². The van der Waals surface area contributed by atoms with Crippen LogP contribution in [0.2, 0.25) is 0 Å². The number of carbonyl (C=O) groups excluding carboxylic acids is 1. The first-order valence-corrected chi connectivity index (χ1v) is 7.67. The largest absolute Gasteiger partial charge is 0.497 e. The van der Waals surface area contributed by atoms with E-state index in [1.54, 1.807) is 19.5 Å². The monoisotopic (exact) mass is 348 g/mol. The first-order valence-electron chi connectivity index (χ1n) is 7.67. The highest BCUT2D eigenvalue weighted by Crippen LogP contribution is 2.19. The summed E-state index contributed by atoms with van der Waals surface area (Å²) >= 11 is 0. The van der Waals surface area contributed by atoms with Crippen LogP contribution in [0, 0.1) is 0 Å². The van der Waals surface area contributed by atoms with Gasteiger partial charge < -0.3 is 15.5 Å². The fourth-order valence-corrected chi connectivity index (χ4v) is 2.31. The zero-order chi connectivity index (χ0) is 18.4. The number of aromatic nitrogens is 3. The molecule has 26 heavy (non-hydrogen) atoms. The number of ether oxygens (including phenoxy) is 1. The predicted molar refractivity (Wildman–Crippen MR) is 100 cm³/mol. The fourth-order valence-electron chi connectivity index (χ4n) is 2.31. The molecule has 1 aromatic carbocycles. The number of primary amides is 1. The number of H-pyrrole nitrogens is 1. The third kappa shape index (κ3) is 3.99. The molecule has 0 aliphatic heterocycles. The Kier molecular flexibility index (Phi) is 5.14. The number of fused-ring (bicyclic) bond motifs is 1. The molecule has 0 aliphatic carbocycles. The van der Waals surface area contributed by atoms with Crippen LogP contribution in [0.1, 0.15) is 11.3 Å². The van der Waals surface area contributed by atoms with Gasteiger partial charge in [0.15, 0.2) is 0 Å². The number of aromatic amines is 1. The molecule has 3 N–H and O–H groups in total. The number of carbonyl (C=O) groups is 1. The number of benzene rings is 1. The van der Waals surface area contributed by atoms with Crippen molar-refractivity contribution in [2.24, 2.45) is 15.9 Å². The van der Waals surface area contributed by atoms with E-state index in [0.29, 0.717) is 16.9 Å². The van der Waals surface area contributed by atoms with Crippen LogP contribution in [0.25, 0.3) is 16.6 Å². The maximum Gasteiger partial charge on any atom is 0.242 e. The Morgan fingerprint density at radius 2 is 2.00 bits per heavy atom. The van der Waals surface area contributed by atoms with Crippen LogP contribution in [-0.2, 0) is 4.79 Å². The number of nitrogens with one attached hydrogen (secondary N) is 1. The molecule has 3 rings (SSSR count). The van der Waals surface area contributed by atoms with Gasteiger partial charge in [0, 0.05) is 23.2 Å². The topological polar surface area (TPSA) is 119 Å². The maximum atomic E-state index is 11.4. The van der Waals surface area contributed by atoms with Crippen molar-refractivity contribution in [2.45, 2.75) is 0 Å². The van der Waals surface area contributed by atoms with E-state index in [0.717, 1.165) is 16.7 Å². The molecule has 8 heteroatoms. The normalized spacial score (nSPS) is 12.3. The van der Waals surface area contributed by atoms with Gasteiger partial charge in [0.2, 0.25) is 5.91 Å². The van der Waals surface area contributed by atoms with E-state index in [2.05, 4.69) is 25.2 Å². The number of nitrogens with zero attached hydrogens (tertiary/aromatic N) is 4. The highest BCUT2D eigenvalue weighted by molar-refractivity contribution is 6.18. The van der Waals surface area contributed by atoms with Crippen LogP contribution in [0.4, 0.5) is 0 Å². The standard InChI is InChI=1S/C18H16N6O2/c1-26-14-4-2-12(3-5-14)9-23-24-10-13(8-16(19)25)17-15-6-7-20-18(15)22-11-21-17/h2-11H,1H3,(H2,19,25)(H,20,21,22)/b13-8-,23-9-,24-10-. The summed E-state index contributed by atoms with van der Waals surface area (Å²) in [7, 11) is 1.61. The summed E-state index contributed by atoms with van der Waals surface area (Å²) in [5.74, 6) is 0.157. The van der Waals surface area contributed by atoms with Crippen LogP contribution in [0.3, 0.4) is 0 Å². The minimum absolute atomic E-state index is 0.441. The Morgan fingerprint density at radius 3 is 2.73 bits per heavy atom. The van der Waals surface area contributed by atoms with Crippen LogP contribution >= 0.6 is 0 Å². The number of hydrogen-bond acceptors (Lipinski definition) is 6. The summed E-state index contributed by atoms with van der Waals surface area (Å²) in [4.78, 5) is 22.7. The lowest BCUT2D eigenvalue weighted by molar-refractivity contribution is -0.113. The molecule has 0 bridgehead atoms. The molecule has 1 amide bonds. The van der Waals surface area contributed by atoms with Crippen LogP contribution < -0.4 is 10.5 Å². The van der Waals surface area contributed by atoms with E-state index < -0.39 is 5.91 Å². The lowest BCUT2D eigenvalue weighted by Crippen LogP contribution is -2.08. The van der Waals surface area contributed by atoms with Crippen LogP contribution in [0.15, 0.2) is 59.1 Å². The van der Waals surface area contributed by atoms with Crippen molar-refractivity contribution in [3.63, 3.8) is 0 Å². The van der Waals surface area contributed by atoms with Gasteiger partial charge in [-0.25, -0.2) is 9.97 Å². The van der Waals surface area contributed by atoms with Gasteiger partial charge in [0.05, 0.1) is 25.2 Å². The van der Waals surface area contributed by atoms with E-state index in [1.807, 2.05) is 30.3 Å². The highest BCUT2D eigenvalue weighted by Gasteiger charge is 2.09. The second kappa shape index (κ2) is 7.84. The first-order chi connectivity index (χ1) is 12.7. The molecule has 0 aliphatic rings. The van der Waals surface area contributed by atoms with Crippen LogP contribution in [-0.4, -0.2) is 40.4 Å². The van der Waals surface area contributed by atoms with Gasteiger partial charge in [-0.3, -0.25) is 4.79 Å². The lowest BCUT2D eigenvalue weighted by Gasteiger charge is -2.01.